The normalized spacial score (nSPS) is 18.7. The summed E-state index contributed by atoms with van der Waals surface area (Å²) in [5.74, 6) is 0. The lowest BCUT2D eigenvalue weighted by molar-refractivity contribution is 0.232. The van der Waals surface area contributed by atoms with Crippen LogP contribution in [0.5, 0.6) is 0 Å². The van der Waals surface area contributed by atoms with Gasteiger partial charge in [-0.05, 0) is 38.2 Å². The lowest BCUT2D eigenvalue weighted by Crippen LogP contribution is -2.37. The fourth-order valence-electron chi connectivity index (χ4n) is 3.27. The molecule has 1 fully saturated rings. The van der Waals surface area contributed by atoms with Crippen molar-refractivity contribution in [3.63, 3.8) is 0 Å². The number of anilines is 1. The van der Waals surface area contributed by atoms with E-state index in [1.165, 1.54) is 17.7 Å². The Bertz CT molecular complexity index is 446. The van der Waals surface area contributed by atoms with Gasteiger partial charge >= 0.3 is 0 Å². The maximum Gasteiger partial charge on any atom is 0.0471 e. The Morgan fingerprint density at radius 3 is 2.71 bits per heavy atom. The first kappa shape index (κ1) is 16.6. The lowest BCUT2D eigenvalue weighted by Gasteiger charge is -2.27. The van der Waals surface area contributed by atoms with Crippen LogP contribution in [0.15, 0.2) is 18.2 Å². The van der Waals surface area contributed by atoms with Crippen LogP contribution >= 0.6 is 11.6 Å². The van der Waals surface area contributed by atoms with E-state index in [0.29, 0.717) is 6.04 Å². The van der Waals surface area contributed by atoms with Gasteiger partial charge in [-0.3, -0.25) is 4.90 Å². The number of rotatable bonds is 7. The van der Waals surface area contributed by atoms with Gasteiger partial charge in [0.05, 0.1) is 0 Å². The summed E-state index contributed by atoms with van der Waals surface area (Å²) < 4.78 is 0. The van der Waals surface area contributed by atoms with Crippen molar-refractivity contribution in [1.82, 2.24) is 10.2 Å². The molecule has 0 saturated carbocycles. The first-order chi connectivity index (χ1) is 10.2. The second-order valence-electron chi connectivity index (χ2n) is 5.63. The van der Waals surface area contributed by atoms with Crippen LogP contribution < -0.4 is 10.2 Å². The van der Waals surface area contributed by atoms with E-state index in [-0.39, 0.29) is 0 Å². The molecule has 2 rings (SSSR count). The third-order valence-electron chi connectivity index (χ3n) is 4.48. The standard InChI is InChI=1S/C17H28ClN3/c1-4-19-12-15-16(18)8-7-9-17(15)21-11-10-14(13-21)20(5-2)6-3/h7-9,14,19H,4-6,10-13H2,1-3H3. The molecule has 1 atom stereocenters. The molecule has 1 saturated heterocycles. The second kappa shape index (κ2) is 8.02. The fourth-order valence-corrected chi connectivity index (χ4v) is 3.50. The van der Waals surface area contributed by atoms with Crippen LogP contribution in [0.2, 0.25) is 5.02 Å². The van der Waals surface area contributed by atoms with Crippen LogP contribution in [0.1, 0.15) is 32.8 Å². The number of likely N-dealkylation sites (N-methyl/N-ethyl adjacent to an activating group) is 1. The van der Waals surface area contributed by atoms with Gasteiger partial charge in [0, 0.05) is 41.9 Å². The van der Waals surface area contributed by atoms with E-state index in [9.17, 15) is 0 Å². The van der Waals surface area contributed by atoms with Gasteiger partial charge in [-0.2, -0.15) is 0 Å². The molecule has 0 amide bonds. The molecule has 1 aromatic carbocycles. The summed E-state index contributed by atoms with van der Waals surface area (Å²) in [4.78, 5) is 5.07. The summed E-state index contributed by atoms with van der Waals surface area (Å²) in [6, 6.07) is 6.95. The maximum atomic E-state index is 6.42. The van der Waals surface area contributed by atoms with Gasteiger partial charge < -0.3 is 10.2 Å². The van der Waals surface area contributed by atoms with Gasteiger partial charge in [0.25, 0.3) is 0 Å². The van der Waals surface area contributed by atoms with Crippen molar-refractivity contribution in [2.75, 3.05) is 37.6 Å². The molecule has 3 nitrogen and oxygen atoms in total. The van der Waals surface area contributed by atoms with Gasteiger partial charge in [0.2, 0.25) is 0 Å². The van der Waals surface area contributed by atoms with E-state index < -0.39 is 0 Å². The van der Waals surface area contributed by atoms with E-state index in [2.05, 4.69) is 48.0 Å². The largest absolute Gasteiger partial charge is 0.370 e. The van der Waals surface area contributed by atoms with Crippen molar-refractivity contribution >= 4 is 17.3 Å². The Labute approximate surface area is 134 Å². The minimum atomic E-state index is 0.672. The molecule has 1 aromatic rings. The van der Waals surface area contributed by atoms with Crippen molar-refractivity contribution in [3.8, 4) is 0 Å². The minimum Gasteiger partial charge on any atom is -0.370 e. The van der Waals surface area contributed by atoms with E-state index in [0.717, 1.165) is 44.3 Å². The van der Waals surface area contributed by atoms with Gasteiger partial charge in [0.15, 0.2) is 0 Å². The highest BCUT2D eigenvalue weighted by Gasteiger charge is 2.27. The van der Waals surface area contributed by atoms with Gasteiger partial charge in [-0.1, -0.05) is 38.4 Å². The Balaban J connectivity index is 2.14. The van der Waals surface area contributed by atoms with E-state index in [4.69, 9.17) is 11.6 Å². The van der Waals surface area contributed by atoms with Crippen LogP contribution in [0.4, 0.5) is 5.69 Å². The van der Waals surface area contributed by atoms with Gasteiger partial charge in [0.1, 0.15) is 0 Å². The molecule has 0 radical (unpaired) electrons. The molecule has 1 aliphatic heterocycles. The third kappa shape index (κ3) is 3.91. The Hall–Kier alpha value is -0.770. The number of nitrogens with zero attached hydrogens (tertiary/aromatic N) is 2. The number of benzene rings is 1. The zero-order valence-corrected chi connectivity index (χ0v) is 14.3. The molecule has 1 heterocycles. The zero-order valence-electron chi connectivity index (χ0n) is 13.5. The summed E-state index contributed by atoms with van der Waals surface area (Å²) in [5, 5.41) is 4.28. The summed E-state index contributed by atoms with van der Waals surface area (Å²) in [6.07, 6.45) is 1.24. The average Bonchev–Trinajstić information content (AvgIpc) is 2.97. The quantitative estimate of drug-likeness (QED) is 0.833. The number of halogens is 1. The van der Waals surface area contributed by atoms with Crippen LogP contribution in [0.3, 0.4) is 0 Å². The van der Waals surface area contributed by atoms with Gasteiger partial charge in [-0.15, -0.1) is 0 Å². The van der Waals surface area contributed by atoms with Crippen molar-refractivity contribution in [2.45, 2.75) is 39.8 Å². The Kier molecular flexibility index (Phi) is 6.34. The molecule has 4 heteroatoms. The summed E-state index contributed by atoms with van der Waals surface area (Å²) in [5.41, 5.74) is 2.54. The second-order valence-corrected chi connectivity index (χ2v) is 6.03. The molecule has 0 aliphatic carbocycles. The molecule has 1 aliphatic rings. The summed E-state index contributed by atoms with van der Waals surface area (Å²) in [6.45, 7) is 12.9. The third-order valence-corrected chi connectivity index (χ3v) is 4.83. The predicted molar refractivity (Wildman–Crippen MR) is 92.4 cm³/mol. The van der Waals surface area contributed by atoms with E-state index in [1.54, 1.807) is 0 Å². The SMILES string of the molecule is CCNCc1c(Cl)cccc1N1CCC(N(CC)CC)C1. The molecular weight excluding hydrogens is 282 g/mol. The average molecular weight is 310 g/mol. The summed E-state index contributed by atoms with van der Waals surface area (Å²) >= 11 is 6.42. The molecule has 0 spiro atoms. The number of nitrogens with one attached hydrogen (secondary N) is 1. The van der Waals surface area contributed by atoms with Crippen molar-refractivity contribution < 1.29 is 0 Å². The zero-order chi connectivity index (χ0) is 15.2. The highest BCUT2D eigenvalue weighted by atomic mass is 35.5. The fraction of sp³-hybridized carbons (Fsp3) is 0.647. The Morgan fingerprint density at radius 1 is 1.29 bits per heavy atom. The topological polar surface area (TPSA) is 18.5 Å². The van der Waals surface area contributed by atoms with Crippen LogP contribution in [-0.2, 0) is 6.54 Å². The highest BCUT2D eigenvalue weighted by molar-refractivity contribution is 6.31. The molecule has 0 bridgehead atoms. The number of hydrogen-bond acceptors (Lipinski definition) is 3. The maximum absolute atomic E-state index is 6.42. The number of hydrogen-bond donors (Lipinski definition) is 1. The molecular formula is C17H28ClN3. The molecule has 0 aromatic heterocycles. The van der Waals surface area contributed by atoms with Crippen LogP contribution in [-0.4, -0.2) is 43.7 Å². The molecule has 118 valence electrons. The predicted octanol–water partition coefficient (Wildman–Crippen LogP) is 3.37. The van der Waals surface area contributed by atoms with Crippen LogP contribution in [0, 0.1) is 0 Å². The highest BCUT2D eigenvalue weighted by Crippen LogP contribution is 2.31. The molecule has 1 N–H and O–H groups in total. The first-order valence-electron chi connectivity index (χ1n) is 8.18. The lowest BCUT2D eigenvalue weighted by atomic mass is 10.1. The van der Waals surface area contributed by atoms with Crippen molar-refractivity contribution in [3.05, 3.63) is 28.8 Å². The molecule has 1 unspecified atom stereocenters. The van der Waals surface area contributed by atoms with E-state index in [1.807, 2.05) is 6.07 Å². The minimum absolute atomic E-state index is 0.672. The smallest absolute Gasteiger partial charge is 0.0471 e. The molecule has 21 heavy (non-hydrogen) atoms. The van der Waals surface area contributed by atoms with Gasteiger partial charge in [-0.25, -0.2) is 0 Å². The Morgan fingerprint density at radius 2 is 2.05 bits per heavy atom. The monoisotopic (exact) mass is 309 g/mol. The van der Waals surface area contributed by atoms with E-state index >= 15 is 0 Å². The van der Waals surface area contributed by atoms with Crippen molar-refractivity contribution in [1.29, 1.82) is 0 Å². The first-order valence-corrected chi connectivity index (χ1v) is 8.56. The summed E-state index contributed by atoms with van der Waals surface area (Å²) in [7, 11) is 0. The van der Waals surface area contributed by atoms with Crippen LogP contribution in [0.25, 0.3) is 0 Å². The van der Waals surface area contributed by atoms with Crippen molar-refractivity contribution in [2.24, 2.45) is 0 Å².